The maximum Gasteiger partial charge on any atom is 0.326 e. The van der Waals surface area contributed by atoms with E-state index < -0.39 is 36.4 Å². The number of benzene rings is 1. The van der Waals surface area contributed by atoms with E-state index in [-0.39, 0.29) is 11.8 Å². The SMILES string of the molecule is CC(C)(C)CCN[C@@H](CC(=O)O)C(=O)N[C@@H](Cc1ccccc1)C(=O)O. The van der Waals surface area contributed by atoms with Crippen molar-refractivity contribution in [1.82, 2.24) is 10.6 Å². The van der Waals surface area contributed by atoms with Gasteiger partial charge in [0.1, 0.15) is 6.04 Å². The first-order chi connectivity index (χ1) is 12.1. The highest BCUT2D eigenvalue weighted by Gasteiger charge is 2.27. The lowest BCUT2D eigenvalue weighted by molar-refractivity contribution is -0.143. The van der Waals surface area contributed by atoms with Crippen LogP contribution in [0.4, 0.5) is 0 Å². The number of rotatable bonds is 10. The standard InChI is InChI=1S/C19H28N2O5/c1-19(2,3)9-10-20-14(12-16(22)23)17(24)21-15(18(25)26)11-13-7-5-4-6-8-13/h4-8,14-15,20H,9-12H2,1-3H3,(H,21,24)(H,22,23)(H,25,26)/t14-,15-/m0/s1. The van der Waals surface area contributed by atoms with Crippen molar-refractivity contribution in [2.45, 2.75) is 52.1 Å². The van der Waals surface area contributed by atoms with E-state index in [1.165, 1.54) is 0 Å². The first-order valence-corrected chi connectivity index (χ1v) is 8.61. The third-order valence-electron chi connectivity index (χ3n) is 3.86. The number of carboxylic acid groups (broad SMARTS) is 2. The van der Waals surface area contributed by atoms with Crippen LogP contribution in [0.3, 0.4) is 0 Å². The Bertz CT molecular complexity index is 610. The number of carbonyl (C=O) groups excluding carboxylic acids is 1. The van der Waals surface area contributed by atoms with Gasteiger partial charge in [-0.05, 0) is 23.9 Å². The average Bonchev–Trinajstić information content (AvgIpc) is 2.52. The molecule has 7 heteroatoms. The van der Waals surface area contributed by atoms with E-state index in [0.29, 0.717) is 6.54 Å². The Morgan fingerprint density at radius 1 is 1.04 bits per heavy atom. The highest BCUT2D eigenvalue weighted by Crippen LogP contribution is 2.17. The molecule has 0 radical (unpaired) electrons. The van der Waals surface area contributed by atoms with E-state index in [9.17, 15) is 19.5 Å². The van der Waals surface area contributed by atoms with Crippen molar-refractivity contribution in [2.24, 2.45) is 5.41 Å². The van der Waals surface area contributed by atoms with Crippen molar-refractivity contribution in [3.05, 3.63) is 35.9 Å². The summed E-state index contributed by atoms with van der Waals surface area (Å²) < 4.78 is 0. The molecule has 2 atom stereocenters. The van der Waals surface area contributed by atoms with Gasteiger partial charge in [0.2, 0.25) is 5.91 Å². The lowest BCUT2D eigenvalue weighted by Crippen LogP contribution is -2.52. The summed E-state index contributed by atoms with van der Waals surface area (Å²) in [5.41, 5.74) is 0.810. The molecule has 1 aromatic rings. The van der Waals surface area contributed by atoms with Crippen LogP contribution in [-0.4, -0.2) is 46.7 Å². The highest BCUT2D eigenvalue weighted by atomic mass is 16.4. The van der Waals surface area contributed by atoms with Crippen molar-refractivity contribution < 1.29 is 24.6 Å². The second-order valence-electron chi connectivity index (χ2n) is 7.50. The van der Waals surface area contributed by atoms with Gasteiger partial charge in [-0.2, -0.15) is 0 Å². The summed E-state index contributed by atoms with van der Waals surface area (Å²) in [6.07, 6.45) is 0.472. The normalized spacial score (nSPS) is 13.7. The Kier molecular flexibility index (Phi) is 8.25. The molecule has 0 aliphatic heterocycles. The minimum absolute atomic E-state index is 0.0359. The van der Waals surface area contributed by atoms with Gasteiger partial charge in [0.25, 0.3) is 0 Å². The number of carbonyl (C=O) groups is 3. The van der Waals surface area contributed by atoms with Gasteiger partial charge in [-0.15, -0.1) is 0 Å². The Morgan fingerprint density at radius 3 is 2.15 bits per heavy atom. The molecule has 0 heterocycles. The first-order valence-electron chi connectivity index (χ1n) is 8.61. The molecule has 1 aromatic carbocycles. The number of nitrogens with one attached hydrogen (secondary N) is 2. The minimum Gasteiger partial charge on any atom is -0.481 e. The fourth-order valence-electron chi connectivity index (χ4n) is 2.38. The quantitative estimate of drug-likeness (QED) is 0.502. The lowest BCUT2D eigenvalue weighted by Gasteiger charge is -2.23. The second kappa shape index (κ2) is 9.91. The maximum absolute atomic E-state index is 12.4. The fourth-order valence-corrected chi connectivity index (χ4v) is 2.38. The van der Waals surface area contributed by atoms with Crippen LogP contribution in [0.2, 0.25) is 0 Å². The fraction of sp³-hybridized carbons (Fsp3) is 0.526. The molecule has 0 aliphatic carbocycles. The minimum atomic E-state index is -1.16. The molecule has 0 bridgehead atoms. The van der Waals surface area contributed by atoms with Crippen LogP contribution in [0.1, 0.15) is 39.2 Å². The van der Waals surface area contributed by atoms with Gasteiger partial charge in [0.15, 0.2) is 0 Å². The van der Waals surface area contributed by atoms with E-state index in [1.807, 2.05) is 26.8 Å². The van der Waals surface area contributed by atoms with E-state index in [4.69, 9.17) is 5.11 Å². The molecule has 0 aromatic heterocycles. The van der Waals surface area contributed by atoms with Crippen molar-refractivity contribution in [3.63, 3.8) is 0 Å². The molecular weight excluding hydrogens is 336 g/mol. The lowest BCUT2D eigenvalue weighted by atomic mass is 9.92. The van der Waals surface area contributed by atoms with E-state index in [1.54, 1.807) is 24.3 Å². The molecule has 144 valence electrons. The zero-order valence-corrected chi connectivity index (χ0v) is 15.5. The first kappa shape index (κ1) is 21.6. The predicted octanol–water partition coefficient (Wildman–Crippen LogP) is 1.67. The van der Waals surface area contributed by atoms with E-state index >= 15 is 0 Å². The van der Waals surface area contributed by atoms with Gasteiger partial charge in [0.05, 0.1) is 12.5 Å². The van der Waals surface area contributed by atoms with Crippen LogP contribution in [0.5, 0.6) is 0 Å². The van der Waals surface area contributed by atoms with Crippen molar-refractivity contribution in [1.29, 1.82) is 0 Å². The zero-order chi connectivity index (χ0) is 19.7. The van der Waals surface area contributed by atoms with Crippen LogP contribution in [0.25, 0.3) is 0 Å². The molecule has 0 aliphatic rings. The Hall–Kier alpha value is -2.41. The van der Waals surface area contributed by atoms with Crippen molar-refractivity contribution in [3.8, 4) is 0 Å². The van der Waals surface area contributed by atoms with E-state index in [0.717, 1.165) is 12.0 Å². The Balaban J connectivity index is 2.74. The third kappa shape index (κ3) is 8.62. The molecule has 0 saturated carbocycles. The monoisotopic (exact) mass is 364 g/mol. The van der Waals surface area contributed by atoms with Gasteiger partial charge in [-0.1, -0.05) is 51.1 Å². The summed E-state index contributed by atoms with van der Waals surface area (Å²) in [6.45, 7) is 6.59. The molecule has 26 heavy (non-hydrogen) atoms. The Labute approximate surface area is 153 Å². The topological polar surface area (TPSA) is 116 Å². The van der Waals surface area contributed by atoms with Crippen molar-refractivity contribution in [2.75, 3.05) is 6.54 Å². The van der Waals surface area contributed by atoms with Crippen LogP contribution in [-0.2, 0) is 20.8 Å². The molecule has 7 nitrogen and oxygen atoms in total. The van der Waals surface area contributed by atoms with Gasteiger partial charge in [-0.25, -0.2) is 4.79 Å². The van der Waals surface area contributed by atoms with Gasteiger partial charge >= 0.3 is 11.9 Å². The highest BCUT2D eigenvalue weighted by molar-refractivity contribution is 5.89. The van der Waals surface area contributed by atoms with Crippen LogP contribution >= 0.6 is 0 Å². The van der Waals surface area contributed by atoms with Gasteiger partial charge in [-0.3, -0.25) is 9.59 Å². The number of carboxylic acids is 2. The summed E-state index contributed by atoms with van der Waals surface area (Å²) in [4.78, 5) is 35.0. The Morgan fingerprint density at radius 2 is 1.65 bits per heavy atom. The smallest absolute Gasteiger partial charge is 0.326 e. The summed E-state index contributed by atoms with van der Waals surface area (Å²) >= 11 is 0. The maximum atomic E-state index is 12.4. The molecule has 1 rings (SSSR count). The number of aliphatic carboxylic acids is 2. The molecule has 1 amide bonds. The van der Waals surface area contributed by atoms with Crippen LogP contribution in [0, 0.1) is 5.41 Å². The largest absolute Gasteiger partial charge is 0.481 e. The molecule has 0 saturated heterocycles. The molecule has 0 unspecified atom stereocenters. The number of hydrogen-bond donors (Lipinski definition) is 4. The van der Waals surface area contributed by atoms with Gasteiger partial charge in [0, 0.05) is 6.42 Å². The molecular formula is C19H28N2O5. The summed E-state index contributed by atoms with van der Waals surface area (Å²) in [6, 6.07) is 6.85. The predicted molar refractivity (Wildman–Crippen MR) is 97.8 cm³/mol. The number of amides is 1. The molecule has 0 fully saturated rings. The van der Waals surface area contributed by atoms with Crippen LogP contribution in [0.15, 0.2) is 30.3 Å². The van der Waals surface area contributed by atoms with E-state index in [2.05, 4.69) is 10.6 Å². The molecule has 4 N–H and O–H groups in total. The zero-order valence-electron chi connectivity index (χ0n) is 15.5. The van der Waals surface area contributed by atoms with Gasteiger partial charge < -0.3 is 20.8 Å². The summed E-state index contributed by atoms with van der Waals surface area (Å²) in [7, 11) is 0. The number of hydrogen-bond acceptors (Lipinski definition) is 4. The summed E-state index contributed by atoms with van der Waals surface area (Å²) in [5, 5.41) is 23.8. The average molecular weight is 364 g/mol. The molecule has 0 spiro atoms. The second-order valence-corrected chi connectivity index (χ2v) is 7.50. The van der Waals surface area contributed by atoms with Crippen LogP contribution < -0.4 is 10.6 Å². The van der Waals surface area contributed by atoms with Crippen molar-refractivity contribution >= 4 is 17.8 Å². The summed E-state index contributed by atoms with van der Waals surface area (Å²) in [5.74, 6) is -2.90. The third-order valence-corrected chi connectivity index (χ3v) is 3.86.